The maximum absolute atomic E-state index is 12.3. The topological polar surface area (TPSA) is 78.5 Å². The second-order valence-electron chi connectivity index (χ2n) is 5.67. The van der Waals surface area contributed by atoms with E-state index in [2.05, 4.69) is 10.9 Å². The Labute approximate surface area is 149 Å². The van der Waals surface area contributed by atoms with E-state index in [0.29, 0.717) is 16.3 Å². The summed E-state index contributed by atoms with van der Waals surface area (Å²) in [4.78, 5) is 37.9. The van der Waals surface area contributed by atoms with Gasteiger partial charge >= 0.3 is 0 Å². The zero-order valence-corrected chi connectivity index (χ0v) is 14.0. The highest BCUT2D eigenvalue weighted by Gasteiger charge is 2.36. The van der Waals surface area contributed by atoms with Gasteiger partial charge in [0.15, 0.2) is 0 Å². The van der Waals surface area contributed by atoms with E-state index in [1.165, 1.54) is 4.90 Å². The summed E-state index contributed by atoms with van der Waals surface area (Å²) in [5.41, 5.74) is 5.76. The summed E-state index contributed by atoms with van der Waals surface area (Å²) in [6.45, 7) is 0.218. The van der Waals surface area contributed by atoms with Crippen LogP contribution in [-0.2, 0) is 9.59 Å². The maximum Gasteiger partial charge on any atom is 0.269 e. The lowest BCUT2D eigenvalue weighted by Crippen LogP contribution is -2.45. The molecule has 0 saturated carbocycles. The molecule has 0 unspecified atom stereocenters. The number of carbonyl (C=O) groups excluding carboxylic acids is 3. The van der Waals surface area contributed by atoms with E-state index in [4.69, 9.17) is 11.6 Å². The highest BCUT2D eigenvalue weighted by atomic mass is 35.5. The summed E-state index contributed by atoms with van der Waals surface area (Å²) in [5.74, 6) is -1.56. The van der Waals surface area contributed by atoms with Crippen LogP contribution in [0, 0.1) is 5.92 Å². The standard InChI is InChI=1S/C18H16ClN3O3/c19-14-8-4-5-9-15(14)22-11-13(10-16(22)23)18(25)21-20-17(24)12-6-2-1-3-7-12/h1-9,13H,10-11H2,(H,20,24)(H,21,25)/t13-/m1/s1. The number of amides is 3. The molecule has 1 saturated heterocycles. The molecule has 0 bridgehead atoms. The van der Waals surface area contributed by atoms with Gasteiger partial charge in [-0.05, 0) is 24.3 Å². The molecule has 1 atom stereocenters. The summed E-state index contributed by atoms with van der Waals surface area (Å²) < 4.78 is 0. The van der Waals surface area contributed by atoms with Gasteiger partial charge in [-0.2, -0.15) is 0 Å². The highest BCUT2D eigenvalue weighted by Crippen LogP contribution is 2.30. The number of benzene rings is 2. The van der Waals surface area contributed by atoms with E-state index in [0.717, 1.165) is 0 Å². The Morgan fingerprint density at radius 3 is 2.40 bits per heavy atom. The van der Waals surface area contributed by atoms with E-state index in [1.807, 2.05) is 0 Å². The first kappa shape index (κ1) is 17.0. The predicted octanol–water partition coefficient (Wildman–Crippen LogP) is 2.15. The third kappa shape index (κ3) is 3.80. The van der Waals surface area contributed by atoms with Crippen LogP contribution in [0.15, 0.2) is 54.6 Å². The van der Waals surface area contributed by atoms with Crippen molar-refractivity contribution in [2.24, 2.45) is 5.92 Å². The van der Waals surface area contributed by atoms with Gasteiger partial charge in [0, 0.05) is 18.5 Å². The van der Waals surface area contributed by atoms with Crippen molar-refractivity contribution < 1.29 is 14.4 Å². The van der Waals surface area contributed by atoms with Gasteiger partial charge in [-0.3, -0.25) is 25.2 Å². The summed E-state index contributed by atoms with van der Waals surface area (Å²) in [6, 6.07) is 15.5. The third-order valence-corrected chi connectivity index (χ3v) is 4.29. The first-order valence-corrected chi connectivity index (χ1v) is 8.14. The molecule has 2 aromatic rings. The van der Waals surface area contributed by atoms with Crippen molar-refractivity contribution in [3.63, 3.8) is 0 Å². The van der Waals surface area contributed by atoms with Crippen LogP contribution in [0.2, 0.25) is 5.02 Å². The van der Waals surface area contributed by atoms with Crippen LogP contribution in [0.5, 0.6) is 0 Å². The summed E-state index contributed by atoms with van der Waals surface area (Å²) in [6.07, 6.45) is 0.0677. The molecule has 1 fully saturated rings. The maximum atomic E-state index is 12.3. The third-order valence-electron chi connectivity index (χ3n) is 3.97. The van der Waals surface area contributed by atoms with Crippen molar-refractivity contribution in [3.05, 3.63) is 65.2 Å². The van der Waals surface area contributed by atoms with Crippen LogP contribution < -0.4 is 15.8 Å². The molecule has 2 aromatic carbocycles. The Kier molecular flexibility index (Phi) is 5.00. The zero-order chi connectivity index (χ0) is 17.8. The van der Waals surface area contributed by atoms with Crippen molar-refractivity contribution in [1.29, 1.82) is 0 Å². The van der Waals surface area contributed by atoms with E-state index >= 15 is 0 Å². The van der Waals surface area contributed by atoms with Crippen molar-refractivity contribution >= 4 is 35.0 Å². The molecule has 3 rings (SSSR count). The first-order valence-electron chi connectivity index (χ1n) is 7.76. The average Bonchev–Trinajstić information content (AvgIpc) is 3.02. The lowest BCUT2D eigenvalue weighted by atomic mass is 10.1. The van der Waals surface area contributed by atoms with Crippen LogP contribution in [0.1, 0.15) is 16.8 Å². The summed E-state index contributed by atoms with van der Waals surface area (Å²) in [7, 11) is 0. The number of nitrogens with zero attached hydrogens (tertiary/aromatic N) is 1. The van der Waals surface area contributed by atoms with E-state index < -0.39 is 17.7 Å². The monoisotopic (exact) mass is 357 g/mol. The minimum atomic E-state index is -0.556. The highest BCUT2D eigenvalue weighted by molar-refractivity contribution is 6.33. The number of para-hydroxylation sites is 1. The van der Waals surface area contributed by atoms with E-state index in [1.54, 1.807) is 54.6 Å². The van der Waals surface area contributed by atoms with Crippen LogP contribution in [0.4, 0.5) is 5.69 Å². The number of anilines is 1. The smallest absolute Gasteiger partial charge is 0.269 e. The van der Waals surface area contributed by atoms with E-state index in [9.17, 15) is 14.4 Å². The van der Waals surface area contributed by atoms with Gasteiger partial charge in [0.25, 0.3) is 5.91 Å². The SMILES string of the molecule is O=C(NNC(=O)[C@@H]1CC(=O)N(c2ccccc2Cl)C1)c1ccccc1. The Hall–Kier alpha value is -2.86. The van der Waals surface area contributed by atoms with Crippen LogP contribution in [-0.4, -0.2) is 24.3 Å². The predicted molar refractivity (Wildman–Crippen MR) is 94.0 cm³/mol. The molecule has 0 radical (unpaired) electrons. The van der Waals surface area contributed by atoms with Crippen molar-refractivity contribution in [3.8, 4) is 0 Å². The number of halogens is 1. The fourth-order valence-corrected chi connectivity index (χ4v) is 2.91. The Balaban J connectivity index is 1.60. The molecule has 1 aliphatic heterocycles. The fraction of sp³-hybridized carbons (Fsp3) is 0.167. The first-order chi connectivity index (χ1) is 12.1. The molecule has 6 nitrogen and oxygen atoms in total. The quantitative estimate of drug-likeness (QED) is 0.826. The normalized spacial score (nSPS) is 16.6. The number of hydrogen-bond donors (Lipinski definition) is 2. The van der Waals surface area contributed by atoms with Gasteiger partial charge < -0.3 is 4.90 Å². The lowest BCUT2D eigenvalue weighted by Gasteiger charge is -2.18. The van der Waals surface area contributed by atoms with Crippen LogP contribution in [0.3, 0.4) is 0 Å². The molecule has 2 N–H and O–H groups in total. The van der Waals surface area contributed by atoms with Gasteiger partial charge in [0.2, 0.25) is 11.8 Å². The van der Waals surface area contributed by atoms with Crippen molar-refractivity contribution in [1.82, 2.24) is 10.9 Å². The zero-order valence-electron chi connectivity index (χ0n) is 13.2. The van der Waals surface area contributed by atoms with E-state index in [-0.39, 0.29) is 18.9 Å². The molecule has 7 heteroatoms. The lowest BCUT2D eigenvalue weighted by molar-refractivity contribution is -0.126. The van der Waals surface area contributed by atoms with Gasteiger partial charge in [-0.1, -0.05) is 41.9 Å². The number of carbonyl (C=O) groups is 3. The largest absolute Gasteiger partial charge is 0.310 e. The molecular weight excluding hydrogens is 342 g/mol. The number of nitrogens with one attached hydrogen (secondary N) is 2. The van der Waals surface area contributed by atoms with Gasteiger partial charge in [-0.25, -0.2) is 0 Å². The molecule has 0 aromatic heterocycles. The minimum Gasteiger partial charge on any atom is -0.310 e. The Bertz CT molecular complexity index is 810. The molecule has 1 heterocycles. The van der Waals surface area contributed by atoms with Gasteiger partial charge in [0.1, 0.15) is 0 Å². The number of hydrazine groups is 1. The fourth-order valence-electron chi connectivity index (χ4n) is 2.67. The van der Waals surface area contributed by atoms with Crippen molar-refractivity contribution in [2.75, 3.05) is 11.4 Å². The Morgan fingerprint density at radius 2 is 1.68 bits per heavy atom. The van der Waals surface area contributed by atoms with Crippen LogP contribution in [0.25, 0.3) is 0 Å². The van der Waals surface area contributed by atoms with Crippen molar-refractivity contribution in [2.45, 2.75) is 6.42 Å². The molecule has 128 valence electrons. The second kappa shape index (κ2) is 7.36. The molecule has 25 heavy (non-hydrogen) atoms. The second-order valence-corrected chi connectivity index (χ2v) is 6.07. The van der Waals surface area contributed by atoms with Gasteiger partial charge in [-0.15, -0.1) is 0 Å². The summed E-state index contributed by atoms with van der Waals surface area (Å²) in [5, 5.41) is 0.453. The molecule has 1 aliphatic rings. The minimum absolute atomic E-state index is 0.0677. The van der Waals surface area contributed by atoms with Crippen LogP contribution >= 0.6 is 11.6 Å². The molecular formula is C18H16ClN3O3. The Morgan fingerprint density at radius 1 is 1.00 bits per heavy atom. The summed E-state index contributed by atoms with van der Waals surface area (Å²) >= 11 is 6.12. The molecule has 0 aliphatic carbocycles. The molecule has 0 spiro atoms. The van der Waals surface area contributed by atoms with Gasteiger partial charge in [0.05, 0.1) is 16.6 Å². The molecule has 3 amide bonds. The number of rotatable bonds is 3. The number of hydrogen-bond acceptors (Lipinski definition) is 3. The average molecular weight is 358 g/mol.